The Kier molecular flexibility index (Phi) is 4.54. The molecule has 1 aromatic heterocycles. The number of aromatic nitrogens is 1. The highest BCUT2D eigenvalue weighted by atomic mass is 16.5. The fourth-order valence-corrected chi connectivity index (χ4v) is 3.02. The van der Waals surface area contributed by atoms with Gasteiger partial charge >= 0.3 is 0 Å². The summed E-state index contributed by atoms with van der Waals surface area (Å²) in [6, 6.07) is 26.7. The first-order valence-corrected chi connectivity index (χ1v) is 8.65. The second-order valence-corrected chi connectivity index (χ2v) is 6.12. The Morgan fingerprint density at radius 1 is 0.889 bits per heavy atom. The van der Waals surface area contributed by atoms with Crippen molar-refractivity contribution < 1.29 is 9.53 Å². The Morgan fingerprint density at radius 2 is 1.67 bits per heavy atom. The zero-order chi connectivity index (χ0) is 18.6. The van der Waals surface area contributed by atoms with Gasteiger partial charge in [0, 0.05) is 22.7 Å². The number of amides is 1. The van der Waals surface area contributed by atoms with Crippen LogP contribution < -0.4 is 10.1 Å². The molecule has 0 aliphatic rings. The largest absolute Gasteiger partial charge is 0.497 e. The van der Waals surface area contributed by atoms with E-state index in [1.54, 1.807) is 13.2 Å². The summed E-state index contributed by atoms with van der Waals surface area (Å²) in [5.41, 5.74) is 3.79. The molecule has 0 bridgehead atoms. The molecule has 3 aromatic carbocycles. The number of ether oxygens (including phenoxy) is 1. The summed E-state index contributed by atoms with van der Waals surface area (Å²) in [5.74, 6) is 0.511. The molecule has 0 fully saturated rings. The molecule has 1 amide bonds. The third-order valence-corrected chi connectivity index (χ3v) is 4.36. The molecule has 4 rings (SSSR count). The van der Waals surface area contributed by atoms with Gasteiger partial charge in [0.05, 0.1) is 23.9 Å². The quantitative estimate of drug-likeness (QED) is 0.550. The Labute approximate surface area is 157 Å². The minimum Gasteiger partial charge on any atom is -0.497 e. The van der Waals surface area contributed by atoms with Crippen LogP contribution in [0.25, 0.3) is 22.2 Å². The van der Waals surface area contributed by atoms with Gasteiger partial charge in [-0.05, 0) is 24.3 Å². The number of para-hydroxylation sites is 1. The van der Waals surface area contributed by atoms with Crippen molar-refractivity contribution in [3.8, 4) is 17.0 Å². The number of hydrogen-bond donors (Lipinski definition) is 1. The van der Waals surface area contributed by atoms with Crippen molar-refractivity contribution in [1.82, 2.24) is 4.98 Å². The summed E-state index contributed by atoms with van der Waals surface area (Å²) in [4.78, 5) is 17.8. The van der Waals surface area contributed by atoms with Gasteiger partial charge < -0.3 is 10.1 Å². The molecule has 27 heavy (non-hydrogen) atoms. The molecule has 0 radical (unpaired) electrons. The average molecular weight is 354 g/mol. The van der Waals surface area contributed by atoms with E-state index in [-0.39, 0.29) is 5.91 Å². The zero-order valence-electron chi connectivity index (χ0n) is 14.8. The molecular formula is C23H18N2O2. The molecule has 0 saturated heterocycles. The van der Waals surface area contributed by atoms with E-state index in [1.807, 2.05) is 78.9 Å². The lowest BCUT2D eigenvalue weighted by atomic mass is 10.0. The molecule has 4 heteroatoms. The first kappa shape index (κ1) is 16.8. The Bertz CT molecular complexity index is 1110. The van der Waals surface area contributed by atoms with Crippen LogP contribution in [0, 0.1) is 0 Å². The third kappa shape index (κ3) is 3.51. The third-order valence-electron chi connectivity index (χ3n) is 4.36. The fourth-order valence-electron chi connectivity index (χ4n) is 3.02. The molecule has 1 N–H and O–H groups in total. The molecular weight excluding hydrogens is 336 g/mol. The van der Waals surface area contributed by atoms with Gasteiger partial charge in [-0.25, -0.2) is 4.98 Å². The maximum absolute atomic E-state index is 13.0. The van der Waals surface area contributed by atoms with Crippen molar-refractivity contribution in [2.45, 2.75) is 0 Å². The molecule has 0 saturated carbocycles. The number of benzene rings is 3. The SMILES string of the molecule is COc1cccc(NC(=O)c2cc(-c3ccccc3)nc3ccccc23)c1. The van der Waals surface area contributed by atoms with Crippen molar-refractivity contribution in [3.05, 3.63) is 90.5 Å². The van der Waals surface area contributed by atoms with Crippen molar-refractivity contribution in [3.63, 3.8) is 0 Å². The lowest BCUT2D eigenvalue weighted by molar-refractivity contribution is 0.102. The minimum atomic E-state index is -0.181. The van der Waals surface area contributed by atoms with E-state index in [0.717, 1.165) is 22.2 Å². The van der Waals surface area contributed by atoms with Gasteiger partial charge in [0.2, 0.25) is 0 Å². The first-order valence-electron chi connectivity index (χ1n) is 8.65. The zero-order valence-corrected chi connectivity index (χ0v) is 14.8. The molecule has 0 aliphatic heterocycles. The standard InChI is InChI=1S/C23H18N2O2/c1-27-18-11-7-10-17(14-18)24-23(26)20-15-22(16-8-3-2-4-9-16)25-21-13-6-5-12-19(20)21/h2-15H,1H3,(H,24,26). The van der Waals surface area contributed by atoms with Crippen molar-refractivity contribution in [2.75, 3.05) is 12.4 Å². The average Bonchev–Trinajstić information content (AvgIpc) is 2.73. The number of pyridine rings is 1. The smallest absolute Gasteiger partial charge is 0.256 e. The summed E-state index contributed by atoms with van der Waals surface area (Å²) in [5, 5.41) is 3.77. The van der Waals surface area contributed by atoms with Gasteiger partial charge in [0.25, 0.3) is 5.91 Å². The summed E-state index contributed by atoms with van der Waals surface area (Å²) in [6.07, 6.45) is 0. The molecule has 1 heterocycles. The van der Waals surface area contributed by atoms with Gasteiger partial charge in [-0.1, -0.05) is 54.6 Å². The van der Waals surface area contributed by atoms with Gasteiger partial charge in [0.1, 0.15) is 5.75 Å². The van der Waals surface area contributed by atoms with Crippen LogP contribution in [0.15, 0.2) is 84.9 Å². The number of nitrogens with zero attached hydrogens (tertiary/aromatic N) is 1. The fraction of sp³-hybridized carbons (Fsp3) is 0.0435. The van der Waals surface area contributed by atoms with E-state index in [0.29, 0.717) is 17.0 Å². The normalized spacial score (nSPS) is 10.6. The number of methoxy groups -OCH3 is 1. The number of carbonyl (C=O) groups excluding carboxylic acids is 1. The highest BCUT2D eigenvalue weighted by molar-refractivity contribution is 6.13. The van der Waals surface area contributed by atoms with Crippen LogP contribution >= 0.6 is 0 Å². The van der Waals surface area contributed by atoms with Crippen LogP contribution in [-0.2, 0) is 0 Å². The van der Waals surface area contributed by atoms with Crippen molar-refractivity contribution in [1.29, 1.82) is 0 Å². The molecule has 4 aromatic rings. The van der Waals surface area contributed by atoms with Gasteiger partial charge in [0.15, 0.2) is 0 Å². The predicted octanol–water partition coefficient (Wildman–Crippen LogP) is 5.16. The number of nitrogens with one attached hydrogen (secondary N) is 1. The highest BCUT2D eigenvalue weighted by Gasteiger charge is 2.14. The van der Waals surface area contributed by atoms with Gasteiger partial charge in [-0.3, -0.25) is 4.79 Å². The molecule has 4 nitrogen and oxygen atoms in total. The lowest BCUT2D eigenvalue weighted by Crippen LogP contribution is -2.13. The van der Waals surface area contributed by atoms with Crippen LogP contribution in [-0.4, -0.2) is 18.0 Å². The van der Waals surface area contributed by atoms with Gasteiger partial charge in [-0.15, -0.1) is 0 Å². The number of fused-ring (bicyclic) bond motifs is 1. The Morgan fingerprint density at radius 3 is 2.48 bits per heavy atom. The van der Waals surface area contributed by atoms with Crippen molar-refractivity contribution in [2.24, 2.45) is 0 Å². The van der Waals surface area contributed by atoms with E-state index in [4.69, 9.17) is 9.72 Å². The first-order chi connectivity index (χ1) is 13.2. The van der Waals surface area contributed by atoms with E-state index in [2.05, 4.69) is 5.32 Å². The number of rotatable bonds is 4. The summed E-state index contributed by atoms with van der Waals surface area (Å²) in [7, 11) is 1.60. The van der Waals surface area contributed by atoms with E-state index in [1.165, 1.54) is 0 Å². The Balaban J connectivity index is 1.78. The maximum atomic E-state index is 13.0. The topological polar surface area (TPSA) is 51.2 Å². The molecule has 0 atom stereocenters. The maximum Gasteiger partial charge on any atom is 0.256 e. The minimum absolute atomic E-state index is 0.181. The van der Waals surface area contributed by atoms with E-state index >= 15 is 0 Å². The van der Waals surface area contributed by atoms with Crippen LogP contribution in [0.1, 0.15) is 10.4 Å². The Hall–Kier alpha value is -3.66. The summed E-state index contributed by atoms with van der Waals surface area (Å²) in [6.45, 7) is 0. The summed E-state index contributed by atoms with van der Waals surface area (Å²) >= 11 is 0. The van der Waals surface area contributed by atoms with Crippen LogP contribution in [0.3, 0.4) is 0 Å². The molecule has 0 aliphatic carbocycles. The van der Waals surface area contributed by atoms with Crippen LogP contribution in [0.4, 0.5) is 5.69 Å². The second kappa shape index (κ2) is 7.30. The number of hydrogen-bond acceptors (Lipinski definition) is 3. The van der Waals surface area contributed by atoms with E-state index in [9.17, 15) is 4.79 Å². The predicted molar refractivity (Wildman–Crippen MR) is 108 cm³/mol. The number of carbonyl (C=O) groups is 1. The second-order valence-electron chi connectivity index (χ2n) is 6.12. The molecule has 0 unspecified atom stereocenters. The number of anilines is 1. The molecule has 0 spiro atoms. The van der Waals surface area contributed by atoms with Crippen LogP contribution in [0.5, 0.6) is 5.75 Å². The van der Waals surface area contributed by atoms with Crippen molar-refractivity contribution >= 4 is 22.5 Å². The summed E-state index contributed by atoms with van der Waals surface area (Å²) < 4.78 is 5.23. The highest BCUT2D eigenvalue weighted by Crippen LogP contribution is 2.26. The van der Waals surface area contributed by atoms with Gasteiger partial charge in [-0.2, -0.15) is 0 Å². The van der Waals surface area contributed by atoms with E-state index < -0.39 is 0 Å². The monoisotopic (exact) mass is 354 g/mol. The lowest BCUT2D eigenvalue weighted by Gasteiger charge is -2.11. The molecule has 132 valence electrons. The van der Waals surface area contributed by atoms with Crippen LogP contribution in [0.2, 0.25) is 0 Å².